The summed E-state index contributed by atoms with van der Waals surface area (Å²) in [5, 5.41) is 14.0. The van der Waals surface area contributed by atoms with Gasteiger partial charge in [-0.15, -0.1) is 0 Å². The molecule has 3 rings (SSSR count). The molecule has 0 radical (unpaired) electrons. The highest BCUT2D eigenvalue weighted by atomic mass is 19.4. The minimum Gasteiger partial charge on any atom is -0.388 e. The standard InChI is InChI=1S/C27H37F3N6O2/c1-6-36(19-7-9-35(10-8-19)15-27(28,29)30)24-18(4)20(12-23(32-5)21(24)13-31)25(37)33-14-22-16(2)11-17(3)34-26(22)38/h11-13,19,31-32H,6-10,14-15H2,1-5H3,(H,33,37)(H,34,38). The molecule has 1 aromatic heterocycles. The average Bonchev–Trinajstić information content (AvgIpc) is 2.84. The van der Waals surface area contributed by atoms with Gasteiger partial charge in [-0.2, -0.15) is 13.2 Å². The van der Waals surface area contributed by atoms with Crippen LogP contribution in [0.2, 0.25) is 0 Å². The molecule has 1 aliphatic heterocycles. The Labute approximate surface area is 221 Å². The molecular weight excluding hydrogens is 497 g/mol. The van der Waals surface area contributed by atoms with Crippen LogP contribution in [0.1, 0.15) is 58.1 Å². The Kier molecular flexibility index (Phi) is 9.24. The zero-order valence-electron chi connectivity index (χ0n) is 22.6. The highest BCUT2D eigenvalue weighted by Gasteiger charge is 2.34. The van der Waals surface area contributed by atoms with Gasteiger partial charge in [0.1, 0.15) is 0 Å². The molecule has 0 spiro atoms. The number of amides is 1. The summed E-state index contributed by atoms with van der Waals surface area (Å²) in [6.07, 6.45) is -1.90. The van der Waals surface area contributed by atoms with Crippen molar-refractivity contribution in [3.8, 4) is 0 Å². The monoisotopic (exact) mass is 534 g/mol. The molecule has 1 fully saturated rings. The van der Waals surface area contributed by atoms with Gasteiger partial charge in [0, 0.05) is 73.6 Å². The van der Waals surface area contributed by atoms with E-state index in [1.807, 2.05) is 26.8 Å². The summed E-state index contributed by atoms with van der Waals surface area (Å²) in [5.74, 6) is -0.354. The van der Waals surface area contributed by atoms with Crippen LogP contribution in [-0.2, 0) is 6.54 Å². The van der Waals surface area contributed by atoms with Crippen molar-refractivity contribution < 1.29 is 18.0 Å². The molecule has 8 nitrogen and oxygen atoms in total. The maximum Gasteiger partial charge on any atom is 0.401 e. The van der Waals surface area contributed by atoms with E-state index >= 15 is 0 Å². The van der Waals surface area contributed by atoms with Crippen molar-refractivity contribution in [2.24, 2.45) is 0 Å². The van der Waals surface area contributed by atoms with Crippen molar-refractivity contribution >= 4 is 23.5 Å². The molecule has 1 saturated heterocycles. The van der Waals surface area contributed by atoms with Gasteiger partial charge >= 0.3 is 6.18 Å². The number of pyridine rings is 1. The molecule has 38 heavy (non-hydrogen) atoms. The second kappa shape index (κ2) is 12.0. The fourth-order valence-electron chi connectivity index (χ4n) is 5.35. The fraction of sp³-hybridized carbons (Fsp3) is 0.519. The molecule has 0 aliphatic carbocycles. The maximum atomic E-state index is 13.4. The summed E-state index contributed by atoms with van der Waals surface area (Å²) in [6.45, 7) is 7.76. The maximum absolute atomic E-state index is 13.4. The number of halogens is 3. The number of aromatic nitrogens is 1. The van der Waals surface area contributed by atoms with Gasteiger partial charge in [-0.1, -0.05) is 0 Å². The van der Waals surface area contributed by atoms with Crippen LogP contribution in [-0.4, -0.2) is 67.5 Å². The zero-order valence-corrected chi connectivity index (χ0v) is 22.6. The number of benzene rings is 1. The molecule has 0 unspecified atom stereocenters. The summed E-state index contributed by atoms with van der Waals surface area (Å²) in [7, 11) is 1.71. The molecule has 4 N–H and O–H groups in total. The second-order valence-electron chi connectivity index (χ2n) is 9.79. The van der Waals surface area contributed by atoms with Crippen molar-refractivity contribution in [2.45, 2.75) is 59.3 Å². The Bertz CT molecular complexity index is 1230. The smallest absolute Gasteiger partial charge is 0.388 e. The zero-order chi connectivity index (χ0) is 28.2. The highest BCUT2D eigenvalue weighted by Crippen LogP contribution is 2.36. The number of alkyl halides is 3. The van der Waals surface area contributed by atoms with Crippen LogP contribution in [0.3, 0.4) is 0 Å². The van der Waals surface area contributed by atoms with E-state index in [0.717, 1.165) is 16.9 Å². The van der Waals surface area contributed by atoms with Crippen LogP contribution in [0, 0.1) is 26.2 Å². The number of piperidine rings is 1. The molecule has 0 bridgehead atoms. The molecule has 2 aromatic rings. The quantitative estimate of drug-likeness (QED) is 0.363. The van der Waals surface area contributed by atoms with Crippen molar-refractivity contribution in [1.29, 1.82) is 5.41 Å². The molecule has 208 valence electrons. The van der Waals surface area contributed by atoms with E-state index in [4.69, 9.17) is 5.41 Å². The number of anilines is 2. The molecule has 2 heterocycles. The third-order valence-electron chi connectivity index (χ3n) is 7.20. The Morgan fingerprint density at radius 3 is 2.42 bits per heavy atom. The predicted molar refractivity (Wildman–Crippen MR) is 145 cm³/mol. The van der Waals surface area contributed by atoms with Gasteiger partial charge in [0.2, 0.25) is 0 Å². The molecule has 1 amide bonds. The molecule has 0 atom stereocenters. The lowest BCUT2D eigenvalue weighted by atomic mass is 9.95. The third kappa shape index (κ3) is 6.56. The van der Waals surface area contributed by atoms with Crippen LogP contribution < -0.4 is 21.1 Å². The van der Waals surface area contributed by atoms with Crippen LogP contribution in [0.5, 0.6) is 0 Å². The van der Waals surface area contributed by atoms with Crippen molar-refractivity contribution in [3.63, 3.8) is 0 Å². The van der Waals surface area contributed by atoms with E-state index in [0.29, 0.717) is 60.4 Å². The number of carbonyl (C=O) groups is 1. The van der Waals surface area contributed by atoms with Crippen LogP contribution in [0.25, 0.3) is 0 Å². The largest absolute Gasteiger partial charge is 0.401 e. The number of carbonyl (C=O) groups excluding carboxylic acids is 1. The van der Waals surface area contributed by atoms with E-state index in [1.54, 1.807) is 20.0 Å². The van der Waals surface area contributed by atoms with Gasteiger partial charge in [-0.05, 0) is 63.8 Å². The first-order valence-corrected chi connectivity index (χ1v) is 12.8. The number of aryl methyl sites for hydroxylation is 2. The van der Waals surface area contributed by atoms with E-state index < -0.39 is 12.7 Å². The lowest BCUT2D eigenvalue weighted by Crippen LogP contribution is -2.47. The molecule has 0 saturated carbocycles. The highest BCUT2D eigenvalue weighted by molar-refractivity contribution is 6.03. The van der Waals surface area contributed by atoms with Gasteiger partial charge in [0.05, 0.1) is 12.2 Å². The molecular formula is C27H37F3N6O2. The summed E-state index contributed by atoms with van der Waals surface area (Å²) in [4.78, 5) is 32.1. The Morgan fingerprint density at radius 1 is 1.24 bits per heavy atom. The van der Waals surface area contributed by atoms with E-state index in [9.17, 15) is 22.8 Å². The lowest BCUT2D eigenvalue weighted by molar-refractivity contribution is -0.147. The first-order valence-electron chi connectivity index (χ1n) is 12.8. The number of hydrogen-bond donors (Lipinski definition) is 4. The topological polar surface area (TPSA) is 104 Å². The van der Waals surface area contributed by atoms with Gasteiger partial charge in [0.25, 0.3) is 11.5 Å². The minimum atomic E-state index is -4.23. The predicted octanol–water partition coefficient (Wildman–Crippen LogP) is 4.12. The summed E-state index contributed by atoms with van der Waals surface area (Å²) < 4.78 is 38.6. The summed E-state index contributed by atoms with van der Waals surface area (Å²) in [5.41, 5.74) is 4.78. The second-order valence-corrected chi connectivity index (χ2v) is 9.79. The summed E-state index contributed by atoms with van der Waals surface area (Å²) in [6, 6.07) is 3.52. The number of nitrogens with zero attached hydrogens (tertiary/aromatic N) is 2. The number of aromatic amines is 1. The van der Waals surface area contributed by atoms with Crippen LogP contribution in [0.15, 0.2) is 16.9 Å². The number of hydrogen-bond acceptors (Lipinski definition) is 6. The number of H-pyrrole nitrogens is 1. The van der Waals surface area contributed by atoms with E-state index in [2.05, 4.69) is 20.5 Å². The Morgan fingerprint density at radius 2 is 1.89 bits per heavy atom. The number of rotatable bonds is 9. The van der Waals surface area contributed by atoms with E-state index in [1.165, 1.54) is 11.1 Å². The number of likely N-dealkylation sites (tertiary alicyclic amines) is 1. The van der Waals surface area contributed by atoms with Crippen molar-refractivity contribution in [3.05, 3.63) is 56.0 Å². The molecule has 1 aliphatic rings. The first kappa shape index (κ1) is 29.2. The lowest BCUT2D eigenvalue weighted by Gasteiger charge is -2.41. The van der Waals surface area contributed by atoms with Gasteiger partial charge < -0.3 is 25.9 Å². The third-order valence-corrected chi connectivity index (χ3v) is 7.20. The summed E-state index contributed by atoms with van der Waals surface area (Å²) >= 11 is 0. The first-order chi connectivity index (χ1) is 17.9. The molecule has 11 heteroatoms. The Balaban J connectivity index is 1.92. The van der Waals surface area contributed by atoms with Gasteiger partial charge in [0.15, 0.2) is 0 Å². The fourth-order valence-corrected chi connectivity index (χ4v) is 5.35. The van der Waals surface area contributed by atoms with Crippen LogP contribution >= 0.6 is 0 Å². The van der Waals surface area contributed by atoms with Gasteiger partial charge in [-0.3, -0.25) is 14.5 Å². The minimum absolute atomic E-state index is 0.0290. The number of nitrogens with one attached hydrogen (secondary N) is 4. The van der Waals surface area contributed by atoms with E-state index in [-0.39, 0.29) is 24.1 Å². The Hall–Kier alpha value is -3.34. The average molecular weight is 535 g/mol. The SMILES string of the molecule is CCN(c1c(C)c(C(=O)NCc2c(C)cc(C)[nH]c2=O)cc(NC)c1C=N)C1CCN(CC(F)(F)F)CC1. The van der Waals surface area contributed by atoms with Crippen molar-refractivity contribution in [2.75, 3.05) is 43.4 Å². The van der Waals surface area contributed by atoms with Crippen molar-refractivity contribution in [1.82, 2.24) is 15.2 Å². The van der Waals surface area contributed by atoms with Gasteiger partial charge in [-0.25, -0.2) is 0 Å². The molecule has 1 aromatic carbocycles. The normalized spacial score (nSPS) is 14.8. The van der Waals surface area contributed by atoms with Crippen LogP contribution in [0.4, 0.5) is 24.5 Å².